The van der Waals surface area contributed by atoms with Crippen molar-refractivity contribution < 1.29 is 23.1 Å². The van der Waals surface area contributed by atoms with E-state index in [-0.39, 0.29) is 11.3 Å². The molecule has 158 valence electrons. The van der Waals surface area contributed by atoms with Crippen LogP contribution in [0.15, 0.2) is 29.8 Å². The average Bonchev–Trinajstić information content (AvgIpc) is 2.93. The van der Waals surface area contributed by atoms with E-state index in [1.165, 1.54) is 6.08 Å². The minimum absolute atomic E-state index is 0.244. The largest absolute Gasteiger partial charge is 0.451 e. The van der Waals surface area contributed by atoms with Crippen molar-refractivity contribution in [1.29, 1.82) is 5.26 Å². The van der Waals surface area contributed by atoms with E-state index in [0.717, 1.165) is 30.1 Å². The third-order valence-corrected chi connectivity index (χ3v) is 4.34. The van der Waals surface area contributed by atoms with Gasteiger partial charge >= 0.3 is 5.97 Å². The SMILES string of the molecule is Cc1cc(/C=C(\C#N)C(=O)OCC(=O)Nc2ccc(F)cc2F)c(C)n1CC(C)C. The topological polar surface area (TPSA) is 84.1 Å². The number of anilines is 1. The lowest BCUT2D eigenvalue weighted by molar-refractivity contribution is -0.142. The summed E-state index contributed by atoms with van der Waals surface area (Å²) in [5, 5.41) is 11.5. The second-order valence-corrected chi connectivity index (χ2v) is 7.25. The van der Waals surface area contributed by atoms with Crippen LogP contribution in [-0.2, 0) is 20.9 Å². The lowest BCUT2D eigenvalue weighted by Gasteiger charge is -2.12. The molecule has 0 saturated heterocycles. The Morgan fingerprint density at radius 1 is 1.27 bits per heavy atom. The number of aromatic nitrogens is 1. The highest BCUT2D eigenvalue weighted by molar-refractivity contribution is 6.00. The third-order valence-electron chi connectivity index (χ3n) is 4.34. The van der Waals surface area contributed by atoms with Gasteiger partial charge in [0.2, 0.25) is 0 Å². The van der Waals surface area contributed by atoms with Gasteiger partial charge in [0, 0.05) is 24.0 Å². The van der Waals surface area contributed by atoms with Crippen molar-refractivity contribution in [3.63, 3.8) is 0 Å². The summed E-state index contributed by atoms with van der Waals surface area (Å²) in [7, 11) is 0. The van der Waals surface area contributed by atoms with Crippen molar-refractivity contribution >= 4 is 23.6 Å². The molecule has 1 aromatic heterocycles. The number of hydrogen-bond donors (Lipinski definition) is 1. The second-order valence-electron chi connectivity index (χ2n) is 7.25. The highest BCUT2D eigenvalue weighted by atomic mass is 19.1. The van der Waals surface area contributed by atoms with Gasteiger partial charge in [-0.25, -0.2) is 13.6 Å². The van der Waals surface area contributed by atoms with Gasteiger partial charge in [-0.2, -0.15) is 5.26 Å². The van der Waals surface area contributed by atoms with E-state index in [2.05, 4.69) is 23.7 Å². The quantitative estimate of drug-likeness (QED) is 0.419. The zero-order valence-electron chi connectivity index (χ0n) is 17.3. The van der Waals surface area contributed by atoms with Crippen molar-refractivity contribution in [2.45, 2.75) is 34.2 Å². The first kappa shape index (κ1) is 22.8. The normalized spacial score (nSPS) is 11.3. The standard InChI is InChI=1S/C22H23F2N3O3/c1-13(2)11-27-14(3)7-16(15(27)4)8-17(10-25)22(29)30-12-21(28)26-20-6-5-18(23)9-19(20)24/h5-9,13H,11-12H2,1-4H3,(H,26,28)/b17-8+. The van der Waals surface area contributed by atoms with Gasteiger partial charge < -0.3 is 14.6 Å². The molecule has 0 fully saturated rings. The van der Waals surface area contributed by atoms with Crippen molar-refractivity contribution in [2.75, 3.05) is 11.9 Å². The molecule has 2 aromatic rings. The minimum Gasteiger partial charge on any atom is -0.451 e. The van der Waals surface area contributed by atoms with E-state index in [9.17, 15) is 23.6 Å². The Labute approximate surface area is 173 Å². The fraction of sp³-hybridized carbons (Fsp3) is 0.318. The van der Waals surface area contributed by atoms with Crippen LogP contribution in [-0.4, -0.2) is 23.1 Å². The van der Waals surface area contributed by atoms with Crippen LogP contribution in [0.25, 0.3) is 6.08 Å². The van der Waals surface area contributed by atoms with Gasteiger partial charge in [-0.15, -0.1) is 0 Å². The predicted octanol–water partition coefficient (Wildman–Crippen LogP) is 4.13. The molecule has 0 bridgehead atoms. The molecule has 0 atom stereocenters. The van der Waals surface area contributed by atoms with Gasteiger partial charge in [0.05, 0.1) is 5.69 Å². The summed E-state index contributed by atoms with van der Waals surface area (Å²) in [5.41, 5.74) is 2.11. The molecular formula is C22H23F2N3O3. The van der Waals surface area contributed by atoms with E-state index in [4.69, 9.17) is 4.74 Å². The molecular weight excluding hydrogens is 392 g/mol. The van der Waals surface area contributed by atoms with Crippen LogP contribution < -0.4 is 5.32 Å². The molecule has 1 heterocycles. The Kier molecular flexibility index (Phi) is 7.48. The van der Waals surface area contributed by atoms with Crippen LogP contribution >= 0.6 is 0 Å². The summed E-state index contributed by atoms with van der Waals surface area (Å²) < 4.78 is 33.4. The van der Waals surface area contributed by atoms with Crippen molar-refractivity contribution in [2.24, 2.45) is 5.92 Å². The summed E-state index contributed by atoms with van der Waals surface area (Å²) in [6.45, 7) is 8.10. The Hall–Kier alpha value is -3.47. The number of aryl methyl sites for hydroxylation is 1. The first-order valence-electron chi connectivity index (χ1n) is 9.33. The lowest BCUT2D eigenvalue weighted by atomic mass is 10.1. The number of halogens is 2. The summed E-state index contributed by atoms with van der Waals surface area (Å²) in [4.78, 5) is 24.1. The number of carbonyl (C=O) groups is 2. The molecule has 0 aliphatic heterocycles. The van der Waals surface area contributed by atoms with E-state index in [0.29, 0.717) is 17.5 Å². The van der Waals surface area contributed by atoms with E-state index >= 15 is 0 Å². The molecule has 2 rings (SSSR count). The Morgan fingerprint density at radius 3 is 2.57 bits per heavy atom. The molecule has 0 spiro atoms. The summed E-state index contributed by atoms with van der Waals surface area (Å²) in [6, 6.07) is 6.30. The van der Waals surface area contributed by atoms with Crippen LogP contribution in [0.1, 0.15) is 30.8 Å². The monoisotopic (exact) mass is 415 g/mol. The maximum Gasteiger partial charge on any atom is 0.349 e. The average molecular weight is 415 g/mol. The molecule has 0 radical (unpaired) electrons. The van der Waals surface area contributed by atoms with Gasteiger partial charge in [-0.05, 0) is 49.6 Å². The van der Waals surface area contributed by atoms with Gasteiger partial charge in [-0.1, -0.05) is 13.8 Å². The first-order chi connectivity index (χ1) is 14.1. The number of ether oxygens (including phenoxy) is 1. The number of hydrogen-bond acceptors (Lipinski definition) is 4. The fourth-order valence-electron chi connectivity index (χ4n) is 2.90. The number of benzene rings is 1. The molecule has 30 heavy (non-hydrogen) atoms. The number of amides is 1. The van der Waals surface area contributed by atoms with Gasteiger partial charge in [0.1, 0.15) is 23.3 Å². The Bertz CT molecular complexity index is 1030. The summed E-state index contributed by atoms with van der Waals surface area (Å²) in [5.74, 6) is -3.10. The first-order valence-corrected chi connectivity index (χ1v) is 9.33. The van der Waals surface area contributed by atoms with Crippen LogP contribution in [0, 0.1) is 42.7 Å². The summed E-state index contributed by atoms with van der Waals surface area (Å²) in [6.07, 6.45) is 1.42. The highest BCUT2D eigenvalue weighted by Crippen LogP contribution is 2.20. The van der Waals surface area contributed by atoms with Crippen LogP contribution in [0.5, 0.6) is 0 Å². The molecule has 1 aromatic carbocycles. The van der Waals surface area contributed by atoms with Crippen LogP contribution in [0.3, 0.4) is 0 Å². The van der Waals surface area contributed by atoms with Crippen LogP contribution in [0.4, 0.5) is 14.5 Å². The molecule has 6 nitrogen and oxygen atoms in total. The number of rotatable bonds is 7. The van der Waals surface area contributed by atoms with Crippen molar-refractivity contribution in [3.8, 4) is 6.07 Å². The van der Waals surface area contributed by atoms with Gasteiger partial charge in [-0.3, -0.25) is 4.79 Å². The molecule has 0 aliphatic rings. The molecule has 0 aliphatic carbocycles. The molecule has 0 unspecified atom stereocenters. The smallest absolute Gasteiger partial charge is 0.349 e. The lowest BCUT2D eigenvalue weighted by Crippen LogP contribution is -2.22. The molecule has 0 saturated carbocycles. The Balaban J connectivity index is 2.06. The zero-order valence-corrected chi connectivity index (χ0v) is 17.3. The number of nitrogens with one attached hydrogen (secondary N) is 1. The van der Waals surface area contributed by atoms with E-state index < -0.39 is 30.1 Å². The predicted molar refractivity (Wildman–Crippen MR) is 108 cm³/mol. The third kappa shape index (κ3) is 5.77. The second kappa shape index (κ2) is 9.83. The fourth-order valence-corrected chi connectivity index (χ4v) is 2.90. The highest BCUT2D eigenvalue weighted by Gasteiger charge is 2.16. The maximum absolute atomic E-state index is 13.6. The Morgan fingerprint density at radius 2 is 1.97 bits per heavy atom. The number of carbonyl (C=O) groups excluding carboxylic acids is 2. The van der Waals surface area contributed by atoms with E-state index in [1.807, 2.05) is 19.9 Å². The maximum atomic E-state index is 13.6. The van der Waals surface area contributed by atoms with E-state index in [1.54, 1.807) is 6.07 Å². The van der Waals surface area contributed by atoms with Crippen molar-refractivity contribution in [1.82, 2.24) is 4.57 Å². The van der Waals surface area contributed by atoms with Gasteiger partial charge in [0.25, 0.3) is 5.91 Å². The zero-order chi connectivity index (χ0) is 22.4. The minimum atomic E-state index is -0.971. The number of esters is 1. The van der Waals surface area contributed by atoms with Crippen LogP contribution in [0.2, 0.25) is 0 Å². The molecule has 1 amide bonds. The molecule has 1 N–H and O–H groups in total. The number of nitrogens with zero attached hydrogens (tertiary/aromatic N) is 2. The molecule has 8 heteroatoms. The summed E-state index contributed by atoms with van der Waals surface area (Å²) >= 11 is 0. The van der Waals surface area contributed by atoms with Crippen molar-refractivity contribution in [3.05, 3.63) is 58.4 Å². The number of nitriles is 1. The van der Waals surface area contributed by atoms with Gasteiger partial charge in [0.15, 0.2) is 6.61 Å².